The molecule has 0 saturated carbocycles. The number of hydrogen-bond donors (Lipinski definition) is 2. The number of rotatable bonds is 6. The summed E-state index contributed by atoms with van der Waals surface area (Å²) in [5, 5.41) is 3.04. The molecule has 3 N–H and O–H groups in total. The normalized spacial score (nSPS) is 15.8. The fourth-order valence-corrected chi connectivity index (χ4v) is 3.34. The molecule has 1 aliphatic heterocycles. The van der Waals surface area contributed by atoms with Gasteiger partial charge in [-0.15, -0.1) is 0 Å². The lowest BCUT2D eigenvalue weighted by Gasteiger charge is -2.30. The van der Waals surface area contributed by atoms with E-state index in [9.17, 15) is 9.59 Å². The molecule has 0 saturated heterocycles. The van der Waals surface area contributed by atoms with Crippen LogP contribution in [0, 0.1) is 0 Å². The number of allylic oxidation sites excluding steroid dienone is 2. The molecule has 0 aromatic heterocycles. The number of ether oxygens (including phenoxy) is 4. The minimum atomic E-state index is -0.985. The van der Waals surface area contributed by atoms with E-state index in [1.807, 2.05) is 48.5 Å². The van der Waals surface area contributed by atoms with Crippen LogP contribution in [0.25, 0.3) is 0 Å². The Morgan fingerprint density at radius 2 is 1.55 bits per heavy atom. The largest absolute Gasteiger partial charge is 0.513 e. The third kappa shape index (κ3) is 5.16. The zero-order valence-electron chi connectivity index (χ0n) is 17.5. The van der Waals surface area contributed by atoms with Crippen LogP contribution < -0.4 is 15.8 Å². The Morgan fingerprint density at radius 3 is 2.19 bits per heavy atom. The standard InChI is InChI=1S/C23H24N2O6/c1-14-20(30-22(24)26)19(21(15(2)25-14)31-23(27)28-3)17-11-7-8-12-18(17)29-13-16-9-5-4-6-10-16/h4-12,19,25H,13H2,1-3H3,(H2,24,26). The van der Waals surface area contributed by atoms with Crippen LogP contribution in [0.4, 0.5) is 9.59 Å². The van der Waals surface area contributed by atoms with E-state index in [-0.39, 0.29) is 11.5 Å². The highest BCUT2D eigenvalue weighted by atomic mass is 16.7. The Hall–Kier alpha value is -3.94. The van der Waals surface area contributed by atoms with E-state index in [1.165, 1.54) is 7.11 Å². The number of benzene rings is 2. The van der Waals surface area contributed by atoms with Gasteiger partial charge in [0, 0.05) is 5.56 Å². The van der Waals surface area contributed by atoms with Gasteiger partial charge in [-0.1, -0.05) is 48.5 Å². The molecule has 2 aromatic rings. The first-order chi connectivity index (χ1) is 14.9. The highest BCUT2D eigenvalue weighted by Gasteiger charge is 2.36. The number of nitrogens with one attached hydrogen (secondary N) is 1. The van der Waals surface area contributed by atoms with E-state index in [1.54, 1.807) is 19.9 Å². The summed E-state index contributed by atoms with van der Waals surface area (Å²) >= 11 is 0. The number of nitrogens with two attached hydrogens (primary N) is 1. The molecule has 0 fully saturated rings. The summed E-state index contributed by atoms with van der Waals surface area (Å²) in [4.78, 5) is 23.5. The number of amides is 1. The van der Waals surface area contributed by atoms with Crippen molar-refractivity contribution >= 4 is 12.2 Å². The molecule has 1 atom stereocenters. The average molecular weight is 424 g/mol. The van der Waals surface area contributed by atoms with E-state index < -0.39 is 18.2 Å². The Kier molecular flexibility index (Phi) is 6.81. The number of carbonyl (C=O) groups is 2. The summed E-state index contributed by atoms with van der Waals surface area (Å²) in [5.74, 6) is 0.187. The van der Waals surface area contributed by atoms with Gasteiger partial charge in [0.15, 0.2) is 0 Å². The lowest BCUT2D eigenvalue weighted by Crippen LogP contribution is -2.30. The monoisotopic (exact) mass is 424 g/mol. The molecule has 0 spiro atoms. The molecule has 31 heavy (non-hydrogen) atoms. The third-order valence-electron chi connectivity index (χ3n) is 4.68. The number of primary amides is 1. The van der Waals surface area contributed by atoms with Crippen LogP contribution in [0.1, 0.15) is 30.9 Å². The van der Waals surface area contributed by atoms with Gasteiger partial charge in [-0.25, -0.2) is 9.59 Å². The summed E-state index contributed by atoms with van der Waals surface area (Å²) in [6, 6.07) is 16.9. The molecular weight excluding hydrogens is 400 g/mol. The summed E-state index contributed by atoms with van der Waals surface area (Å²) in [7, 11) is 1.21. The van der Waals surface area contributed by atoms with Crippen molar-refractivity contribution in [2.75, 3.05) is 7.11 Å². The topological polar surface area (TPSA) is 109 Å². The van der Waals surface area contributed by atoms with E-state index >= 15 is 0 Å². The number of hydrogen-bond acceptors (Lipinski definition) is 7. The molecule has 1 aliphatic rings. The van der Waals surface area contributed by atoms with E-state index in [2.05, 4.69) is 10.1 Å². The molecule has 1 amide bonds. The molecule has 0 bridgehead atoms. The second kappa shape index (κ2) is 9.71. The van der Waals surface area contributed by atoms with Crippen LogP contribution in [0.5, 0.6) is 5.75 Å². The van der Waals surface area contributed by atoms with Gasteiger partial charge in [0.05, 0.1) is 18.5 Å². The molecule has 0 aliphatic carbocycles. The van der Waals surface area contributed by atoms with Crippen molar-refractivity contribution < 1.29 is 28.5 Å². The van der Waals surface area contributed by atoms with Crippen LogP contribution in [0.2, 0.25) is 0 Å². The predicted molar refractivity (Wildman–Crippen MR) is 113 cm³/mol. The van der Waals surface area contributed by atoms with Gasteiger partial charge in [0.25, 0.3) is 0 Å². The maximum absolute atomic E-state index is 11.9. The maximum atomic E-state index is 11.9. The van der Waals surface area contributed by atoms with Crippen molar-refractivity contribution in [3.63, 3.8) is 0 Å². The lowest BCUT2D eigenvalue weighted by molar-refractivity contribution is 0.0889. The van der Waals surface area contributed by atoms with Crippen LogP contribution >= 0.6 is 0 Å². The molecular formula is C23H24N2O6. The van der Waals surface area contributed by atoms with Gasteiger partial charge in [-0.3, -0.25) is 0 Å². The second-order valence-corrected chi connectivity index (χ2v) is 6.83. The predicted octanol–water partition coefficient (Wildman–Crippen LogP) is 4.29. The maximum Gasteiger partial charge on any atom is 0.513 e. The molecule has 3 rings (SSSR count). The lowest BCUT2D eigenvalue weighted by atomic mass is 9.90. The number of para-hydroxylation sites is 1. The van der Waals surface area contributed by atoms with Crippen molar-refractivity contribution in [1.82, 2.24) is 5.32 Å². The fourth-order valence-electron chi connectivity index (χ4n) is 3.34. The van der Waals surface area contributed by atoms with E-state index in [4.69, 9.17) is 19.9 Å². The van der Waals surface area contributed by atoms with Crippen molar-refractivity contribution in [2.45, 2.75) is 26.4 Å². The number of dihydropyridines is 1. The van der Waals surface area contributed by atoms with Crippen LogP contribution in [0.3, 0.4) is 0 Å². The van der Waals surface area contributed by atoms with Crippen molar-refractivity contribution in [3.8, 4) is 5.75 Å². The van der Waals surface area contributed by atoms with Gasteiger partial charge >= 0.3 is 12.2 Å². The number of methoxy groups -OCH3 is 1. The highest BCUT2D eigenvalue weighted by molar-refractivity contribution is 5.68. The first-order valence-corrected chi connectivity index (χ1v) is 9.58. The SMILES string of the molecule is COC(=O)OC1=C(C)NC(C)=C(OC(N)=O)C1c1ccccc1OCc1ccccc1. The van der Waals surface area contributed by atoms with Crippen molar-refractivity contribution in [1.29, 1.82) is 0 Å². The van der Waals surface area contributed by atoms with Crippen LogP contribution in [0.15, 0.2) is 77.5 Å². The Morgan fingerprint density at radius 1 is 0.935 bits per heavy atom. The van der Waals surface area contributed by atoms with Gasteiger partial charge in [-0.05, 0) is 25.5 Å². The first-order valence-electron chi connectivity index (χ1n) is 9.58. The summed E-state index contributed by atoms with van der Waals surface area (Å²) in [6.07, 6.45) is -1.89. The van der Waals surface area contributed by atoms with E-state index in [0.717, 1.165) is 5.56 Å². The second-order valence-electron chi connectivity index (χ2n) is 6.83. The smallest absolute Gasteiger partial charge is 0.489 e. The third-order valence-corrected chi connectivity index (χ3v) is 4.68. The fraction of sp³-hybridized carbons (Fsp3) is 0.217. The quantitative estimate of drug-likeness (QED) is 0.666. The average Bonchev–Trinajstić information content (AvgIpc) is 2.76. The van der Waals surface area contributed by atoms with Crippen molar-refractivity contribution in [2.24, 2.45) is 5.73 Å². The Balaban J connectivity index is 2.04. The minimum Gasteiger partial charge on any atom is -0.489 e. The Bertz CT molecular complexity index is 1030. The molecule has 1 heterocycles. The molecule has 162 valence electrons. The molecule has 0 radical (unpaired) electrons. The summed E-state index contributed by atoms with van der Waals surface area (Å²) in [6.45, 7) is 3.80. The Labute approximate surface area is 180 Å². The molecule has 8 nitrogen and oxygen atoms in total. The van der Waals surface area contributed by atoms with Crippen molar-refractivity contribution in [3.05, 3.63) is 88.6 Å². The van der Waals surface area contributed by atoms with Crippen LogP contribution in [-0.4, -0.2) is 19.4 Å². The van der Waals surface area contributed by atoms with Crippen LogP contribution in [-0.2, 0) is 20.8 Å². The highest BCUT2D eigenvalue weighted by Crippen LogP contribution is 2.42. The van der Waals surface area contributed by atoms with Gasteiger partial charge in [0.2, 0.25) is 0 Å². The van der Waals surface area contributed by atoms with Gasteiger partial charge in [0.1, 0.15) is 29.8 Å². The first kappa shape index (κ1) is 21.8. The number of carbonyl (C=O) groups excluding carboxylic acids is 2. The molecule has 2 aromatic carbocycles. The molecule has 8 heteroatoms. The molecule has 1 unspecified atom stereocenters. The summed E-state index contributed by atoms with van der Waals surface area (Å²) in [5.41, 5.74) is 8.03. The zero-order chi connectivity index (χ0) is 22.4. The zero-order valence-corrected chi connectivity index (χ0v) is 17.5. The van der Waals surface area contributed by atoms with E-state index in [0.29, 0.717) is 29.3 Å². The van der Waals surface area contributed by atoms with Gasteiger partial charge < -0.3 is 30.0 Å². The minimum absolute atomic E-state index is 0.202. The summed E-state index contributed by atoms with van der Waals surface area (Å²) < 4.78 is 21.5. The van der Waals surface area contributed by atoms with Gasteiger partial charge in [-0.2, -0.15) is 0 Å².